The van der Waals surface area contributed by atoms with Crippen LogP contribution in [0.15, 0.2) is 35.6 Å². The second kappa shape index (κ2) is 12.6. The lowest BCUT2D eigenvalue weighted by Crippen LogP contribution is -2.65. The van der Waals surface area contributed by atoms with Gasteiger partial charge < -0.3 is 40.7 Å². The van der Waals surface area contributed by atoms with Crippen LogP contribution in [-0.4, -0.2) is 111 Å². The number of nitrogens with zero attached hydrogens (tertiary/aromatic N) is 3. The first-order chi connectivity index (χ1) is 21.3. The van der Waals surface area contributed by atoms with Gasteiger partial charge in [0.2, 0.25) is 9.58 Å². The molecule has 1 saturated carbocycles. The Morgan fingerprint density at radius 1 is 1.17 bits per heavy atom. The van der Waals surface area contributed by atoms with E-state index in [1.54, 1.807) is 25.1 Å². The Labute approximate surface area is 280 Å². The third-order valence-corrected chi connectivity index (χ3v) is 8.91. The van der Waals surface area contributed by atoms with E-state index in [9.17, 15) is 39.6 Å². The number of anilines is 1. The summed E-state index contributed by atoms with van der Waals surface area (Å²) in [6, 6.07) is 0.422. The van der Waals surface area contributed by atoms with Gasteiger partial charge in [0.1, 0.15) is 29.4 Å². The largest absolute Gasteiger partial charge is 0.508 e. The summed E-state index contributed by atoms with van der Waals surface area (Å²) in [7, 11) is 6.51. The molecule has 2 amide bonds. The maximum atomic E-state index is 14.2. The van der Waals surface area contributed by atoms with Crippen molar-refractivity contribution in [3.05, 3.63) is 52.3 Å². The van der Waals surface area contributed by atoms with Gasteiger partial charge in [-0.15, -0.1) is 6.58 Å². The number of ketones is 2. The van der Waals surface area contributed by atoms with Gasteiger partial charge in [-0.05, 0) is 44.5 Å². The van der Waals surface area contributed by atoms with Crippen LogP contribution in [0.3, 0.4) is 0 Å². The summed E-state index contributed by atoms with van der Waals surface area (Å²) >= 11 is 17.1. The topological polar surface area (TPSA) is 194 Å². The Balaban J connectivity index is 1.88. The number of nitrogens with two attached hydrogens (primary N) is 1. The fraction of sp³-hybridized carbons (Fsp3) is 0.467. The van der Waals surface area contributed by atoms with Gasteiger partial charge in [0, 0.05) is 43.4 Å². The van der Waals surface area contributed by atoms with Gasteiger partial charge in [0.25, 0.3) is 5.91 Å². The summed E-state index contributed by atoms with van der Waals surface area (Å²) in [5.74, 6) is -7.54. The molecule has 3 aliphatic rings. The summed E-state index contributed by atoms with van der Waals surface area (Å²) in [6.45, 7) is 2.79. The van der Waals surface area contributed by atoms with Gasteiger partial charge in [-0.1, -0.05) is 40.9 Å². The molecule has 4 atom stereocenters. The number of aliphatic hydroxyl groups excluding tert-OH is 2. The SMILES string of the molecule is C=CCN(Cc1cc(N(C)C)c2c(c1O)C(O)=C1C(=O)[C@]3(O)C(O)=C(C(N)=O)C(=O)[C@@H](N(C)C)[C@@H]3C[C@@H]1C2)C(=O)OCC(Cl)(Cl)Cl. The number of amides is 2. The van der Waals surface area contributed by atoms with E-state index in [4.69, 9.17) is 45.3 Å². The lowest BCUT2D eigenvalue weighted by molar-refractivity contribution is -0.153. The van der Waals surface area contributed by atoms with Crippen LogP contribution in [0.4, 0.5) is 10.5 Å². The number of ether oxygens (including phenoxy) is 1. The monoisotopic (exact) mass is 700 g/mol. The second-order valence-electron chi connectivity index (χ2n) is 12.0. The van der Waals surface area contributed by atoms with Crippen LogP contribution >= 0.6 is 34.8 Å². The smallest absolute Gasteiger partial charge is 0.410 e. The number of phenolic OH excluding ortho intramolecular Hbond substituents is 1. The van der Waals surface area contributed by atoms with Crippen LogP contribution < -0.4 is 10.6 Å². The summed E-state index contributed by atoms with van der Waals surface area (Å²) in [5, 5.41) is 46.1. The molecule has 0 bridgehead atoms. The molecule has 13 nitrogen and oxygen atoms in total. The number of primary amides is 1. The maximum Gasteiger partial charge on any atom is 0.410 e. The van der Waals surface area contributed by atoms with Crippen molar-refractivity contribution in [2.45, 2.75) is 34.8 Å². The van der Waals surface area contributed by atoms with Crippen LogP contribution in [0, 0.1) is 11.8 Å². The zero-order chi connectivity index (χ0) is 34.6. The van der Waals surface area contributed by atoms with E-state index in [1.807, 2.05) is 0 Å². The number of phenols is 1. The molecular formula is C30H35Cl3N4O9. The van der Waals surface area contributed by atoms with Crippen LogP contribution in [0.1, 0.15) is 23.1 Å². The highest BCUT2D eigenvalue weighted by atomic mass is 35.6. The number of carbonyl (C=O) groups is 4. The Morgan fingerprint density at radius 3 is 2.33 bits per heavy atom. The highest BCUT2D eigenvalue weighted by molar-refractivity contribution is 6.67. The Morgan fingerprint density at radius 2 is 1.80 bits per heavy atom. The number of aromatic hydroxyl groups is 1. The number of carbonyl (C=O) groups excluding carboxylic acids is 4. The van der Waals surface area contributed by atoms with Gasteiger partial charge in [0.05, 0.1) is 18.2 Å². The number of fused-ring (bicyclic) bond motifs is 3. The predicted molar refractivity (Wildman–Crippen MR) is 171 cm³/mol. The summed E-state index contributed by atoms with van der Waals surface area (Å²) in [6.07, 6.45) is 0.570. The lowest BCUT2D eigenvalue weighted by atomic mass is 9.57. The van der Waals surface area contributed by atoms with Crippen molar-refractivity contribution < 1.29 is 44.3 Å². The van der Waals surface area contributed by atoms with Crippen molar-refractivity contribution in [1.29, 1.82) is 0 Å². The van der Waals surface area contributed by atoms with E-state index < -0.39 is 80.3 Å². The first-order valence-corrected chi connectivity index (χ1v) is 15.2. The third-order valence-electron chi connectivity index (χ3n) is 8.59. The minimum Gasteiger partial charge on any atom is -0.508 e. The number of aliphatic hydroxyl groups is 3. The fourth-order valence-electron chi connectivity index (χ4n) is 6.67. The average Bonchev–Trinajstić information content (AvgIpc) is 2.93. The van der Waals surface area contributed by atoms with E-state index in [-0.39, 0.29) is 42.6 Å². The van der Waals surface area contributed by atoms with Crippen molar-refractivity contribution in [2.24, 2.45) is 17.6 Å². The molecular weight excluding hydrogens is 667 g/mol. The molecule has 1 aromatic rings. The van der Waals surface area contributed by atoms with Crippen LogP contribution in [0.2, 0.25) is 0 Å². The Bertz CT molecular complexity index is 1580. The minimum absolute atomic E-state index is 0.0336. The van der Waals surface area contributed by atoms with Crippen molar-refractivity contribution >= 4 is 69.8 Å². The molecule has 250 valence electrons. The zero-order valence-corrected chi connectivity index (χ0v) is 27.8. The zero-order valence-electron chi connectivity index (χ0n) is 25.5. The quantitative estimate of drug-likeness (QED) is 0.152. The molecule has 46 heavy (non-hydrogen) atoms. The molecule has 1 fully saturated rings. The van der Waals surface area contributed by atoms with Crippen molar-refractivity contribution in [2.75, 3.05) is 46.2 Å². The average molecular weight is 702 g/mol. The van der Waals surface area contributed by atoms with Gasteiger partial charge >= 0.3 is 6.09 Å². The van der Waals surface area contributed by atoms with E-state index in [1.165, 1.54) is 25.1 Å². The maximum absolute atomic E-state index is 14.2. The molecule has 0 aromatic heterocycles. The minimum atomic E-state index is -2.77. The first kappa shape index (κ1) is 35.4. The van der Waals surface area contributed by atoms with E-state index in [0.29, 0.717) is 11.3 Å². The molecule has 0 radical (unpaired) electrons. The Kier molecular flexibility index (Phi) is 9.69. The van der Waals surface area contributed by atoms with Gasteiger partial charge in [-0.25, -0.2) is 4.79 Å². The van der Waals surface area contributed by atoms with Crippen molar-refractivity contribution in [1.82, 2.24) is 9.80 Å². The number of halogens is 3. The fourth-order valence-corrected chi connectivity index (χ4v) is 6.83. The number of hydrogen-bond acceptors (Lipinski definition) is 11. The standard InChI is InChI=1S/C30H35Cl3N4O9/c1-6-7-37(28(44)46-12-29(31,32)33)11-14-10-17(35(2)3)15-8-13-9-16-21(36(4)5)24(40)20(27(34)43)26(42)30(16,45)25(41)18(13)23(39)19(15)22(14)38/h6,10,13,16,21,38-39,42,45H,1,7-9,11-12H2,2-5H3,(H2,34,43)/t13-,16-,21-,30-/m0/s1. The van der Waals surface area contributed by atoms with Crippen LogP contribution in [-0.2, 0) is 32.1 Å². The van der Waals surface area contributed by atoms with Gasteiger partial charge in [0.15, 0.2) is 11.4 Å². The first-order valence-electron chi connectivity index (χ1n) is 14.1. The molecule has 4 rings (SSSR count). The molecule has 0 aliphatic heterocycles. The summed E-state index contributed by atoms with van der Waals surface area (Å²) < 4.78 is 3.22. The van der Waals surface area contributed by atoms with Crippen molar-refractivity contribution in [3.63, 3.8) is 0 Å². The van der Waals surface area contributed by atoms with E-state index in [0.717, 1.165) is 4.90 Å². The highest BCUT2D eigenvalue weighted by Gasteiger charge is 2.64. The summed E-state index contributed by atoms with van der Waals surface area (Å²) in [4.78, 5) is 56.8. The molecule has 3 aliphatic carbocycles. The molecule has 6 N–H and O–H groups in total. The van der Waals surface area contributed by atoms with Crippen LogP contribution in [0.25, 0.3) is 5.76 Å². The molecule has 1 aromatic carbocycles. The second-order valence-corrected chi connectivity index (χ2v) is 14.5. The highest BCUT2D eigenvalue weighted by Crippen LogP contribution is 2.54. The number of likely N-dealkylation sites (N-methyl/N-ethyl adjacent to an activating group) is 1. The lowest BCUT2D eigenvalue weighted by Gasteiger charge is -2.50. The number of alkyl halides is 3. The predicted octanol–water partition coefficient (Wildman–Crippen LogP) is 2.52. The molecule has 0 unspecified atom stereocenters. The van der Waals surface area contributed by atoms with Gasteiger partial charge in [-0.2, -0.15) is 0 Å². The Hall–Kier alpha value is -3.49. The number of rotatable bonds is 8. The van der Waals surface area contributed by atoms with Gasteiger partial charge in [-0.3, -0.25) is 19.3 Å². The number of benzene rings is 1. The normalized spacial score (nSPS) is 24.3. The van der Waals surface area contributed by atoms with Crippen molar-refractivity contribution in [3.8, 4) is 5.75 Å². The molecule has 0 saturated heterocycles. The summed E-state index contributed by atoms with van der Waals surface area (Å²) in [5.41, 5.74) is 2.45. The third kappa shape index (κ3) is 5.90. The van der Waals surface area contributed by atoms with Crippen LogP contribution in [0.5, 0.6) is 5.75 Å². The molecule has 0 spiro atoms. The molecule has 0 heterocycles. The van der Waals surface area contributed by atoms with E-state index >= 15 is 0 Å². The number of Topliss-reactive ketones (excluding diaryl/α,β-unsaturated/α-hetero) is 2. The molecule has 16 heteroatoms. The number of hydrogen-bond donors (Lipinski definition) is 5. The van der Waals surface area contributed by atoms with E-state index in [2.05, 4.69) is 6.58 Å².